The minimum absolute atomic E-state index is 0.131. The van der Waals surface area contributed by atoms with Crippen molar-refractivity contribution < 1.29 is 15.0 Å². The highest BCUT2D eigenvalue weighted by atomic mass is 32.1. The molecule has 0 spiro atoms. The number of hydrogen-bond donors (Lipinski definition) is 2. The highest BCUT2D eigenvalue weighted by Gasteiger charge is 2.34. The van der Waals surface area contributed by atoms with Gasteiger partial charge in [0.1, 0.15) is 0 Å². The number of likely N-dealkylation sites (tertiary alicyclic amines) is 1. The van der Waals surface area contributed by atoms with Crippen LogP contribution in [0.1, 0.15) is 21.8 Å². The lowest BCUT2D eigenvalue weighted by molar-refractivity contribution is 0.0665. The number of thiazole rings is 1. The average molecular weight is 318 g/mol. The fraction of sp³-hybridized carbons (Fsp3) is 0.375. The van der Waals surface area contributed by atoms with E-state index >= 15 is 0 Å². The molecule has 0 radical (unpaired) electrons. The number of carbonyl (C=O) groups excluding carboxylic acids is 1. The molecule has 1 aromatic carbocycles. The lowest BCUT2D eigenvalue weighted by atomic mass is 10.1. The minimum atomic E-state index is -0.564. The molecule has 0 unspecified atom stereocenters. The van der Waals surface area contributed by atoms with E-state index in [4.69, 9.17) is 0 Å². The second-order valence-corrected chi connectivity index (χ2v) is 6.58. The van der Waals surface area contributed by atoms with Gasteiger partial charge in [0.25, 0.3) is 5.91 Å². The summed E-state index contributed by atoms with van der Waals surface area (Å²) < 4.78 is 0. The number of nitrogens with zero attached hydrogens (tertiary/aromatic N) is 2. The summed E-state index contributed by atoms with van der Waals surface area (Å²) in [5.41, 5.74) is 2.31. The molecule has 1 amide bonds. The number of amides is 1. The zero-order valence-electron chi connectivity index (χ0n) is 12.3. The van der Waals surface area contributed by atoms with Crippen LogP contribution in [0.4, 0.5) is 0 Å². The second kappa shape index (κ2) is 6.16. The lowest BCUT2D eigenvalue weighted by Gasteiger charge is -2.22. The Morgan fingerprint density at radius 3 is 3.00 bits per heavy atom. The van der Waals surface area contributed by atoms with E-state index in [-0.39, 0.29) is 25.1 Å². The predicted octanol–water partition coefficient (Wildman–Crippen LogP) is 1.69. The van der Waals surface area contributed by atoms with E-state index in [0.717, 1.165) is 16.3 Å². The van der Waals surface area contributed by atoms with Gasteiger partial charge in [-0.15, -0.1) is 11.3 Å². The molecule has 22 heavy (non-hydrogen) atoms. The first-order valence-electron chi connectivity index (χ1n) is 7.21. The zero-order chi connectivity index (χ0) is 15.7. The third-order valence-corrected chi connectivity index (χ3v) is 4.66. The number of aromatic nitrogens is 1. The van der Waals surface area contributed by atoms with Crippen molar-refractivity contribution in [2.75, 3.05) is 13.2 Å². The summed E-state index contributed by atoms with van der Waals surface area (Å²) in [5, 5.41) is 22.0. The number of hydrogen-bond acceptors (Lipinski definition) is 5. The number of aryl methyl sites for hydroxylation is 1. The number of benzene rings is 1. The third kappa shape index (κ3) is 2.90. The van der Waals surface area contributed by atoms with E-state index in [1.54, 1.807) is 22.3 Å². The molecular weight excluding hydrogens is 300 g/mol. The predicted molar refractivity (Wildman–Crippen MR) is 84.8 cm³/mol. The largest absolute Gasteiger partial charge is 0.394 e. The fourth-order valence-electron chi connectivity index (χ4n) is 2.79. The molecule has 1 saturated heterocycles. The maximum Gasteiger partial charge on any atom is 0.254 e. The molecule has 3 rings (SSSR count). The Bertz CT molecular complexity index is 686. The maximum absolute atomic E-state index is 12.6. The normalized spacial score (nSPS) is 21.3. The monoisotopic (exact) mass is 318 g/mol. The van der Waals surface area contributed by atoms with Crippen LogP contribution in [0.3, 0.4) is 0 Å². The Hall–Kier alpha value is -1.76. The van der Waals surface area contributed by atoms with Crippen LogP contribution in [0, 0.1) is 6.92 Å². The maximum atomic E-state index is 12.6. The minimum Gasteiger partial charge on any atom is -0.394 e. The van der Waals surface area contributed by atoms with Gasteiger partial charge in [0, 0.05) is 23.1 Å². The Morgan fingerprint density at radius 2 is 2.32 bits per heavy atom. The van der Waals surface area contributed by atoms with E-state index in [1.165, 1.54) is 0 Å². The van der Waals surface area contributed by atoms with Gasteiger partial charge >= 0.3 is 0 Å². The quantitative estimate of drug-likeness (QED) is 0.903. The Morgan fingerprint density at radius 1 is 1.50 bits per heavy atom. The molecule has 1 fully saturated rings. The average Bonchev–Trinajstić information content (AvgIpc) is 3.12. The van der Waals surface area contributed by atoms with Gasteiger partial charge in [-0.25, -0.2) is 4.98 Å². The van der Waals surface area contributed by atoms with E-state index in [9.17, 15) is 15.0 Å². The summed E-state index contributed by atoms with van der Waals surface area (Å²) in [7, 11) is 0. The van der Waals surface area contributed by atoms with E-state index in [1.807, 2.05) is 30.5 Å². The van der Waals surface area contributed by atoms with Crippen LogP contribution in [0.25, 0.3) is 11.3 Å². The summed E-state index contributed by atoms with van der Waals surface area (Å²) >= 11 is 1.57. The number of aliphatic hydroxyl groups is 2. The molecule has 116 valence electrons. The van der Waals surface area contributed by atoms with Crippen LogP contribution in [0.5, 0.6) is 0 Å². The Balaban J connectivity index is 1.87. The van der Waals surface area contributed by atoms with Crippen LogP contribution in [-0.2, 0) is 0 Å². The standard InChI is InChI=1S/C16H18N2O3S/c1-10-17-15(9-22-10)11-3-2-4-12(5-11)16(21)18-7-14(20)6-13(18)8-19/h2-5,9,13-14,19-20H,6-8H2,1H3/t13-,14+/m0/s1. The zero-order valence-corrected chi connectivity index (χ0v) is 13.1. The van der Waals surface area contributed by atoms with Crippen LogP contribution in [0.2, 0.25) is 0 Å². The van der Waals surface area contributed by atoms with Crippen LogP contribution in [-0.4, -0.2) is 51.3 Å². The fourth-order valence-corrected chi connectivity index (χ4v) is 3.41. The van der Waals surface area contributed by atoms with Crippen LogP contribution >= 0.6 is 11.3 Å². The van der Waals surface area contributed by atoms with Gasteiger partial charge < -0.3 is 15.1 Å². The van der Waals surface area contributed by atoms with Gasteiger partial charge in [-0.05, 0) is 25.5 Å². The highest BCUT2D eigenvalue weighted by molar-refractivity contribution is 7.09. The number of β-amino-alcohol motifs (C(OH)–C–C–N with tert-alkyl or cyclic N) is 1. The molecule has 2 N–H and O–H groups in total. The summed E-state index contributed by atoms with van der Waals surface area (Å²) in [6.07, 6.45) is -0.141. The van der Waals surface area contributed by atoms with Crippen molar-refractivity contribution in [3.8, 4) is 11.3 Å². The number of rotatable bonds is 3. The molecule has 2 aromatic rings. The smallest absolute Gasteiger partial charge is 0.254 e. The summed E-state index contributed by atoms with van der Waals surface area (Å²) in [5.74, 6) is -0.163. The van der Waals surface area contributed by atoms with Gasteiger partial charge in [-0.1, -0.05) is 12.1 Å². The van der Waals surface area contributed by atoms with E-state index < -0.39 is 6.10 Å². The van der Waals surface area contributed by atoms with Gasteiger partial charge in [-0.3, -0.25) is 4.79 Å². The van der Waals surface area contributed by atoms with Crippen molar-refractivity contribution in [2.24, 2.45) is 0 Å². The third-order valence-electron chi connectivity index (χ3n) is 3.89. The molecule has 6 heteroatoms. The Labute approximate surface area is 132 Å². The van der Waals surface area contributed by atoms with E-state index in [0.29, 0.717) is 12.0 Å². The summed E-state index contributed by atoms with van der Waals surface area (Å²) in [6, 6.07) is 7.01. The SMILES string of the molecule is Cc1nc(-c2cccc(C(=O)N3C[C@H](O)C[C@H]3CO)c2)cs1. The summed E-state index contributed by atoms with van der Waals surface area (Å²) in [4.78, 5) is 18.6. The first-order valence-corrected chi connectivity index (χ1v) is 8.09. The van der Waals surface area contributed by atoms with E-state index in [2.05, 4.69) is 4.98 Å². The number of aliphatic hydroxyl groups excluding tert-OH is 2. The van der Waals surface area contributed by atoms with Gasteiger partial charge in [0.15, 0.2) is 0 Å². The molecule has 2 heterocycles. The summed E-state index contributed by atoms with van der Waals surface area (Å²) in [6.45, 7) is 2.08. The lowest BCUT2D eigenvalue weighted by Crippen LogP contribution is -2.37. The van der Waals surface area contributed by atoms with Crippen molar-refractivity contribution in [3.63, 3.8) is 0 Å². The molecule has 1 aliphatic heterocycles. The highest BCUT2D eigenvalue weighted by Crippen LogP contribution is 2.25. The first-order chi connectivity index (χ1) is 10.6. The van der Waals surface area contributed by atoms with Gasteiger partial charge in [0.05, 0.1) is 29.5 Å². The van der Waals surface area contributed by atoms with Crippen molar-refractivity contribution in [1.82, 2.24) is 9.88 Å². The molecule has 1 aliphatic rings. The second-order valence-electron chi connectivity index (χ2n) is 5.52. The molecule has 1 aromatic heterocycles. The van der Waals surface area contributed by atoms with Crippen molar-refractivity contribution in [2.45, 2.75) is 25.5 Å². The van der Waals surface area contributed by atoms with Gasteiger partial charge in [-0.2, -0.15) is 0 Å². The molecular formula is C16H18N2O3S. The van der Waals surface area contributed by atoms with Crippen molar-refractivity contribution in [3.05, 3.63) is 40.2 Å². The molecule has 0 bridgehead atoms. The van der Waals surface area contributed by atoms with Crippen LogP contribution < -0.4 is 0 Å². The first kappa shape index (κ1) is 15.1. The number of carbonyl (C=O) groups is 1. The molecule has 0 aliphatic carbocycles. The molecule has 5 nitrogen and oxygen atoms in total. The molecule has 0 saturated carbocycles. The van der Waals surface area contributed by atoms with Crippen molar-refractivity contribution >= 4 is 17.2 Å². The van der Waals surface area contributed by atoms with Crippen molar-refractivity contribution in [1.29, 1.82) is 0 Å². The molecule has 2 atom stereocenters. The topological polar surface area (TPSA) is 73.7 Å². The van der Waals surface area contributed by atoms with Crippen LogP contribution in [0.15, 0.2) is 29.6 Å². The van der Waals surface area contributed by atoms with Gasteiger partial charge in [0.2, 0.25) is 0 Å². The Kier molecular flexibility index (Phi) is 4.24.